The summed E-state index contributed by atoms with van der Waals surface area (Å²) < 4.78 is 6.08. The Kier molecular flexibility index (Phi) is 2.04. The van der Waals surface area contributed by atoms with Crippen LogP contribution in [0.3, 0.4) is 0 Å². The monoisotopic (exact) mass is 291 g/mol. The molecule has 0 amide bonds. The number of rotatable bonds is 0. The van der Waals surface area contributed by atoms with Crippen LogP contribution in [-0.2, 0) is 0 Å². The molecule has 5 rings (SSSR count). The number of nitrogens with one attached hydrogen (secondary N) is 1. The zero-order valence-electron chi connectivity index (χ0n) is 11.0. The molecule has 0 bridgehead atoms. The lowest BCUT2D eigenvalue weighted by Crippen LogP contribution is -1.76. The predicted molar refractivity (Wildman–Crippen MR) is 88.1 cm³/mol. The molecule has 0 radical (unpaired) electrons. The van der Waals surface area contributed by atoms with Crippen LogP contribution in [0.4, 0.5) is 0 Å². The molecule has 0 saturated carbocycles. The van der Waals surface area contributed by atoms with Crippen molar-refractivity contribution in [1.29, 1.82) is 0 Å². The van der Waals surface area contributed by atoms with Crippen LogP contribution in [0.15, 0.2) is 59.0 Å². The maximum Gasteiger partial charge on any atom is 0.160 e. The SMILES string of the molecule is Clc1cccc2ccc3oc4c5ccccc5[nH]c4c3c12. The Morgan fingerprint density at radius 2 is 1.76 bits per heavy atom. The Balaban J connectivity index is 2.14. The maximum absolute atomic E-state index is 6.44. The number of H-pyrrole nitrogens is 1. The quantitative estimate of drug-likeness (QED) is 0.379. The van der Waals surface area contributed by atoms with Crippen LogP contribution in [0, 0.1) is 0 Å². The lowest BCUT2D eigenvalue weighted by molar-refractivity contribution is 0.673. The number of hydrogen-bond acceptors (Lipinski definition) is 1. The third-order valence-corrected chi connectivity index (χ3v) is 4.39. The molecule has 2 aromatic heterocycles. The second-order valence-electron chi connectivity index (χ2n) is 5.25. The molecular formula is C18H10ClNO. The number of benzene rings is 3. The Morgan fingerprint density at radius 1 is 0.857 bits per heavy atom. The van der Waals surface area contributed by atoms with Crippen molar-refractivity contribution in [2.75, 3.05) is 0 Å². The second-order valence-corrected chi connectivity index (χ2v) is 5.66. The van der Waals surface area contributed by atoms with E-state index in [-0.39, 0.29) is 0 Å². The minimum Gasteiger partial charge on any atom is -0.454 e. The van der Waals surface area contributed by atoms with Crippen molar-refractivity contribution in [3.05, 3.63) is 59.6 Å². The van der Waals surface area contributed by atoms with Gasteiger partial charge in [-0.3, -0.25) is 0 Å². The van der Waals surface area contributed by atoms with E-state index < -0.39 is 0 Å². The van der Waals surface area contributed by atoms with E-state index in [1.165, 1.54) is 0 Å². The first-order valence-corrected chi connectivity index (χ1v) is 7.21. The predicted octanol–water partition coefficient (Wildman–Crippen LogP) is 5.87. The summed E-state index contributed by atoms with van der Waals surface area (Å²) in [5.41, 5.74) is 3.86. The number of para-hydroxylation sites is 1. The number of halogens is 1. The molecule has 3 heteroatoms. The second kappa shape index (κ2) is 3.80. The Bertz CT molecular complexity index is 1150. The summed E-state index contributed by atoms with van der Waals surface area (Å²) in [5.74, 6) is 0. The third kappa shape index (κ3) is 1.38. The highest BCUT2D eigenvalue weighted by molar-refractivity contribution is 6.39. The number of aromatic amines is 1. The van der Waals surface area contributed by atoms with Crippen molar-refractivity contribution < 1.29 is 4.42 Å². The van der Waals surface area contributed by atoms with E-state index in [1.54, 1.807) is 0 Å². The number of aromatic nitrogens is 1. The lowest BCUT2D eigenvalue weighted by Gasteiger charge is -2.01. The van der Waals surface area contributed by atoms with Crippen molar-refractivity contribution in [3.63, 3.8) is 0 Å². The van der Waals surface area contributed by atoms with Gasteiger partial charge in [0.05, 0.1) is 10.9 Å². The van der Waals surface area contributed by atoms with Gasteiger partial charge in [-0.2, -0.15) is 0 Å². The first-order chi connectivity index (χ1) is 10.3. The molecule has 0 saturated heterocycles. The third-order valence-electron chi connectivity index (χ3n) is 4.08. The van der Waals surface area contributed by atoms with Crippen LogP contribution in [0.25, 0.3) is 43.7 Å². The summed E-state index contributed by atoms with van der Waals surface area (Å²) in [5, 5.41) is 5.07. The summed E-state index contributed by atoms with van der Waals surface area (Å²) in [6, 6.07) is 18.2. The first kappa shape index (κ1) is 11.2. The van der Waals surface area contributed by atoms with Gasteiger partial charge in [-0.15, -0.1) is 0 Å². The number of hydrogen-bond donors (Lipinski definition) is 1. The minimum atomic E-state index is 0.749. The summed E-state index contributed by atoms with van der Waals surface area (Å²) in [6.45, 7) is 0. The Hall–Kier alpha value is -2.45. The molecule has 0 spiro atoms. The van der Waals surface area contributed by atoms with Gasteiger partial charge in [0.15, 0.2) is 5.58 Å². The topological polar surface area (TPSA) is 28.9 Å². The number of furan rings is 1. The summed E-state index contributed by atoms with van der Waals surface area (Å²) in [4.78, 5) is 3.47. The molecule has 0 fully saturated rings. The lowest BCUT2D eigenvalue weighted by atomic mass is 10.1. The first-order valence-electron chi connectivity index (χ1n) is 6.83. The average Bonchev–Trinajstić information content (AvgIpc) is 3.03. The molecule has 3 aromatic carbocycles. The molecule has 0 aliphatic heterocycles. The van der Waals surface area contributed by atoms with E-state index in [4.69, 9.17) is 16.0 Å². The van der Waals surface area contributed by atoms with Gasteiger partial charge in [0.25, 0.3) is 0 Å². The fourth-order valence-corrected chi connectivity index (χ4v) is 3.43. The highest BCUT2D eigenvalue weighted by Crippen LogP contribution is 2.39. The van der Waals surface area contributed by atoms with Gasteiger partial charge in [0, 0.05) is 21.3 Å². The Labute approximate surface area is 124 Å². The van der Waals surface area contributed by atoms with Crippen molar-refractivity contribution in [1.82, 2.24) is 4.98 Å². The smallest absolute Gasteiger partial charge is 0.160 e. The largest absolute Gasteiger partial charge is 0.454 e. The standard InChI is InChI=1S/C18H10ClNO/c19-12-6-3-4-10-8-9-14-16(15(10)12)17-18(21-14)11-5-1-2-7-13(11)20-17/h1-9,20H. The normalized spacial score (nSPS) is 12.0. The van der Waals surface area contributed by atoms with Crippen LogP contribution in [0.2, 0.25) is 5.02 Å². The fraction of sp³-hybridized carbons (Fsp3) is 0. The molecule has 0 aliphatic rings. The Morgan fingerprint density at radius 3 is 2.71 bits per heavy atom. The molecule has 0 aliphatic carbocycles. The van der Waals surface area contributed by atoms with Crippen LogP contribution in [-0.4, -0.2) is 4.98 Å². The van der Waals surface area contributed by atoms with Gasteiger partial charge in [-0.25, -0.2) is 0 Å². The molecule has 1 N–H and O–H groups in total. The van der Waals surface area contributed by atoms with Crippen LogP contribution < -0.4 is 0 Å². The van der Waals surface area contributed by atoms with Crippen molar-refractivity contribution >= 4 is 55.3 Å². The van der Waals surface area contributed by atoms with Crippen LogP contribution in [0.5, 0.6) is 0 Å². The highest BCUT2D eigenvalue weighted by atomic mass is 35.5. The zero-order chi connectivity index (χ0) is 14.0. The van der Waals surface area contributed by atoms with Crippen molar-refractivity contribution in [2.45, 2.75) is 0 Å². The summed E-state index contributed by atoms with van der Waals surface area (Å²) in [6.07, 6.45) is 0. The maximum atomic E-state index is 6.44. The van der Waals surface area contributed by atoms with Gasteiger partial charge in [0.1, 0.15) is 5.58 Å². The zero-order valence-corrected chi connectivity index (χ0v) is 11.7. The summed E-state index contributed by atoms with van der Waals surface area (Å²) >= 11 is 6.44. The molecule has 0 unspecified atom stereocenters. The van der Waals surface area contributed by atoms with Crippen molar-refractivity contribution in [2.24, 2.45) is 0 Å². The van der Waals surface area contributed by atoms with E-state index in [2.05, 4.69) is 23.2 Å². The fourth-order valence-electron chi connectivity index (χ4n) is 3.16. The number of fused-ring (bicyclic) bond motifs is 7. The van der Waals surface area contributed by atoms with Gasteiger partial charge in [0.2, 0.25) is 0 Å². The molecular weight excluding hydrogens is 282 g/mol. The van der Waals surface area contributed by atoms with Crippen molar-refractivity contribution in [3.8, 4) is 0 Å². The van der Waals surface area contributed by atoms with E-state index >= 15 is 0 Å². The average molecular weight is 292 g/mol. The molecule has 21 heavy (non-hydrogen) atoms. The molecule has 5 aromatic rings. The summed E-state index contributed by atoms with van der Waals surface area (Å²) in [7, 11) is 0. The van der Waals surface area contributed by atoms with E-state index in [1.807, 2.05) is 36.4 Å². The molecule has 0 atom stereocenters. The van der Waals surface area contributed by atoms with E-state index in [9.17, 15) is 0 Å². The highest BCUT2D eigenvalue weighted by Gasteiger charge is 2.16. The van der Waals surface area contributed by atoms with Crippen LogP contribution in [0.1, 0.15) is 0 Å². The van der Waals surface area contributed by atoms with E-state index in [0.29, 0.717) is 0 Å². The van der Waals surface area contributed by atoms with Gasteiger partial charge >= 0.3 is 0 Å². The van der Waals surface area contributed by atoms with Crippen LogP contribution >= 0.6 is 11.6 Å². The molecule has 2 heterocycles. The van der Waals surface area contributed by atoms with Gasteiger partial charge < -0.3 is 9.40 Å². The molecule has 100 valence electrons. The minimum absolute atomic E-state index is 0.749. The van der Waals surface area contributed by atoms with E-state index in [0.717, 1.165) is 48.8 Å². The molecule has 2 nitrogen and oxygen atoms in total. The van der Waals surface area contributed by atoms with Gasteiger partial charge in [-0.05, 0) is 29.7 Å². The van der Waals surface area contributed by atoms with Gasteiger partial charge in [-0.1, -0.05) is 41.9 Å².